The summed E-state index contributed by atoms with van der Waals surface area (Å²) in [7, 11) is 5.05. The van der Waals surface area contributed by atoms with Gasteiger partial charge in [0.1, 0.15) is 0 Å². The highest BCUT2D eigenvalue weighted by molar-refractivity contribution is 5.52. The molecule has 4 atom stereocenters. The van der Waals surface area contributed by atoms with Crippen molar-refractivity contribution < 1.29 is 19.3 Å². The van der Waals surface area contributed by atoms with Crippen LogP contribution in [0.2, 0.25) is 0 Å². The van der Waals surface area contributed by atoms with Crippen LogP contribution in [0.3, 0.4) is 0 Å². The summed E-state index contributed by atoms with van der Waals surface area (Å²) in [6.45, 7) is 5.50. The van der Waals surface area contributed by atoms with E-state index in [1.165, 1.54) is 23.1 Å². The Morgan fingerprint density at radius 2 is 1.74 bits per heavy atom. The molecule has 184 valence electrons. The van der Waals surface area contributed by atoms with Crippen LogP contribution in [0.5, 0.6) is 23.0 Å². The molecule has 1 fully saturated rings. The van der Waals surface area contributed by atoms with Gasteiger partial charge in [-0.2, -0.15) is 0 Å². The summed E-state index contributed by atoms with van der Waals surface area (Å²) in [5.41, 5.74) is 5.06. The maximum Gasteiger partial charge on any atom is 0.162 e. The third-order valence-corrected chi connectivity index (χ3v) is 8.46. The Bertz CT molecular complexity index is 1040. The van der Waals surface area contributed by atoms with E-state index in [-0.39, 0.29) is 6.04 Å². The molecule has 0 radical (unpaired) electrons. The van der Waals surface area contributed by atoms with E-state index in [0.29, 0.717) is 29.4 Å². The smallest absolute Gasteiger partial charge is 0.162 e. The van der Waals surface area contributed by atoms with Gasteiger partial charge in [-0.1, -0.05) is 19.4 Å². The molecule has 0 spiro atoms. The molecule has 0 amide bonds. The second-order valence-electron chi connectivity index (χ2n) is 10.0. The molecule has 34 heavy (non-hydrogen) atoms. The van der Waals surface area contributed by atoms with Gasteiger partial charge in [-0.15, -0.1) is 0 Å². The fraction of sp³-hybridized carbons (Fsp3) is 0.571. The van der Waals surface area contributed by atoms with Gasteiger partial charge in [0.2, 0.25) is 0 Å². The van der Waals surface area contributed by atoms with E-state index in [1.807, 2.05) is 6.07 Å². The van der Waals surface area contributed by atoms with Gasteiger partial charge in [0.25, 0.3) is 0 Å². The van der Waals surface area contributed by atoms with Gasteiger partial charge in [0, 0.05) is 30.7 Å². The van der Waals surface area contributed by atoms with Gasteiger partial charge in [0.05, 0.1) is 21.3 Å². The van der Waals surface area contributed by atoms with Gasteiger partial charge in [-0.05, 0) is 79.0 Å². The van der Waals surface area contributed by atoms with Crippen molar-refractivity contribution in [2.75, 3.05) is 41.0 Å². The Hall–Kier alpha value is -2.44. The Morgan fingerprint density at radius 1 is 0.971 bits per heavy atom. The number of aromatic hydroxyl groups is 1. The summed E-state index contributed by atoms with van der Waals surface area (Å²) in [5, 5.41) is 14.7. The zero-order valence-electron chi connectivity index (χ0n) is 20.9. The number of hydrogen-bond donors (Lipinski definition) is 2. The lowest BCUT2D eigenvalue weighted by Crippen LogP contribution is -2.46. The SMILES string of the molecule is CC[C@H]1CN2CCc3cc(OC)c(OC)cc3[C@@H]2C[C@@H]1C[C@@H]1NCCc2ccc(OC)c(O)c21. The molecule has 0 saturated carbocycles. The number of phenolic OH excluding ortho intramolecular Hbond substituents is 1. The van der Waals surface area contributed by atoms with Crippen LogP contribution in [0, 0.1) is 11.8 Å². The third-order valence-electron chi connectivity index (χ3n) is 8.46. The maximum atomic E-state index is 11.0. The van der Waals surface area contributed by atoms with Crippen LogP contribution in [0.1, 0.15) is 60.5 Å². The quantitative estimate of drug-likeness (QED) is 0.647. The largest absolute Gasteiger partial charge is 0.504 e. The Morgan fingerprint density at radius 3 is 2.47 bits per heavy atom. The van der Waals surface area contributed by atoms with Crippen molar-refractivity contribution in [3.8, 4) is 23.0 Å². The molecule has 6 nitrogen and oxygen atoms in total. The lowest BCUT2D eigenvalue weighted by molar-refractivity contribution is 0.0433. The first-order chi connectivity index (χ1) is 16.6. The number of phenols is 1. The van der Waals surface area contributed by atoms with E-state index in [1.54, 1.807) is 21.3 Å². The van der Waals surface area contributed by atoms with E-state index in [2.05, 4.69) is 35.3 Å². The standard InChI is InChI=1S/C28H38N2O4/c1-5-17-16-30-11-9-19-14-25(33-3)26(34-4)15-21(19)23(30)13-20(17)12-22-27-18(8-10-29-22)6-7-24(32-2)28(27)31/h6-7,14-15,17,20,22-23,29,31H,5,8-13,16H2,1-4H3/t17-,20-,22-,23-/m0/s1. The first kappa shape index (κ1) is 23.3. The second-order valence-corrected chi connectivity index (χ2v) is 10.0. The molecular weight excluding hydrogens is 428 g/mol. The number of methoxy groups -OCH3 is 3. The van der Waals surface area contributed by atoms with Crippen molar-refractivity contribution in [2.24, 2.45) is 11.8 Å². The highest BCUT2D eigenvalue weighted by Crippen LogP contribution is 2.48. The number of nitrogens with zero attached hydrogens (tertiary/aromatic N) is 1. The van der Waals surface area contributed by atoms with Gasteiger partial charge < -0.3 is 24.6 Å². The van der Waals surface area contributed by atoms with E-state index in [0.717, 1.165) is 62.4 Å². The summed E-state index contributed by atoms with van der Waals surface area (Å²) in [6, 6.07) is 8.95. The van der Waals surface area contributed by atoms with Crippen LogP contribution >= 0.6 is 0 Å². The monoisotopic (exact) mass is 466 g/mol. The predicted octanol–water partition coefficient (Wildman–Crippen LogP) is 4.64. The number of ether oxygens (including phenoxy) is 3. The Kier molecular flexibility index (Phi) is 6.63. The first-order valence-electron chi connectivity index (χ1n) is 12.7. The van der Waals surface area contributed by atoms with Crippen LogP contribution < -0.4 is 19.5 Å². The molecule has 3 aliphatic rings. The highest BCUT2D eigenvalue weighted by atomic mass is 16.5. The van der Waals surface area contributed by atoms with Crippen LogP contribution in [0.15, 0.2) is 24.3 Å². The molecule has 5 rings (SSSR count). The first-order valence-corrected chi connectivity index (χ1v) is 12.7. The molecule has 0 aliphatic carbocycles. The Labute approximate surface area is 203 Å². The van der Waals surface area contributed by atoms with Crippen molar-refractivity contribution in [1.82, 2.24) is 10.2 Å². The summed E-state index contributed by atoms with van der Waals surface area (Å²) in [5.74, 6) is 3.73. The highest BCUT2D eigenvalue weighted by Gasteiger charge is 2.40. The van der Waals surface area contributed by atoms with Crippen LogP contribution in [-0.4, -0.2) is 51.0 Å². The van der Waals surface area contributed by atoms with E-state index >= 15 is 0 Å². The fourth-order valence-corrected chi connectivity index (χ4v) is 6.64. The average molecular weight is 467 g/mol. The zero-order chi connectivity index (χ0) is 23.8. The summed E-state index contributed by atoms with van der Waals surface area (Å²) < 4.78 is 16.7. The number of hydrogen-bond acceptors (Lipinski definition) is 6. The van der Waals surface area contributed by atoms with Gasteiger partial charge in [0.15, 0.2) is 23.0 Å². The minimum atomic E-state index is 0.151. The van der Waals surface area contributed by atoms with Crippen molar-refractivity contribution in [3.05, 3.63) is 46.5 Å². The fourth-order valence-electron chi connectivity index (χ4n) is 6.64. The van der Waals surface area contributed by atoms with Gasteiger partial charge in [-0.3, -0.25) is 4.90 Å². The number of piperidine rings is 1. The molecule has 6 heteroatoms. The molecule has 3 aliphatic heterocycles. The topological polar surface area (TPSA) is 63.2 Å². The number of rotatable bonds is 6. The second kappa shape index (κ2) is 9.67. The lowest BCUT2D eigenvalue weighted by atomic mass is 9.72. The molecule has 2 aromatic carbocycles. The van der Waals surface area contributed by atoms with E-state index in [9.17, 15) is 5.11 Å². The molecule has 2 N–H and O–H groups in total. The van der Waals surface area contributed by atoms with Crippen LogP contribution in [-0.2, 0) is 12.8 Å². The van der Waals surface area contributed by atoms with Crippen LogP contribution in [0.25, 0.3) is 0 Å². The zero-order valence-corrected chi connectivity index (χ0v) is 20.9. The molecule has 2 aromatic rings. The molecule has 0 bridgehead atoms. The third kappa shape index (κ3) is 4.01. The predicted molar refractivity (Wildman–Crippen MR) is 133 cm³/mol. The van der Waals surface area contributed by atoms with E-state index < -0.39 is 0 Å². The van der Waals surface area contributed by atoms with Gasteiger partial charge in [-0.25, -0.2) is 0 Å². The summed E-state index contributed by atoms with van der Waals surface area (Å²) in [4.78, 5) is 2.68. The minimum absolute atomic E-state index is 0.151. The number of fused-ring (bicyclic) bond motifs is 4. The number of nitrogens with one attached hydrogen (secondary N) is 1. The molecule has 3 heterocycles. The van der Waals surface area contributed by atoms with Crippen LogP contribution in [0.4, 0.5) is 0 Å². The summed E-state index contributed by atoms with van der Waals surface area (Å²) >= 11 is 0. The normalized spacial score (nSPS) is 26.2. The van der Waals surface area contributed by atoms with Crippen molar-refractivity contribution >= 4 is 0 Å². The molecule has 0 aromatic heterocycles. The lowest BCUT2D eigenvalue weighted by Gasteiger charge is -2.48. The molecule has 0 unspecified atom stereocenters. The maximum absolute atomic E-state index is 11.0. The van der Waals surface area contributed by atoms with Crippen molar-refractivity contribution in [3.63, 3.8) is 0 Å². The van der Waals surface area contributed by atoms with E-state index in [4.69, 9.17) is 14.2 Å². The average Bonchev–Trinajstić information content (AvgIpc) is 2.87. The molecule has 1 saturated heterocycles. The molecular formula is C28H38N2O4. The Balaban J connectivity index is 1.44. The number of benzene rings is 2. The van der Waals surface area contributed by atoms with Crippen molar-refractivity contribution in [1.29, 1.82) is 0 Å². The van der Waals surface area contributed by atoms with Gasteiger partial charge >= 0.3 is 0 Å². The minimum Gasteiger partial charge on any atom is -0.504 e. The van der Waals surface area contributed by atoms with Crippen molar-refractivity contribution in [2.45, 2.75) is 51.1 Å². The summed E-state index contributed by atoms with van der Waals surface area (Å²) in [6.07, 6.45) is 5.32.